The molecule has 4 N–H and O–H groups in total. The van der Waals surface area contributed by atoms with Crippen LogP contribution >= 0.6 is 11.3 Å². The Balaban J connectivity index is 1.50. The number of carbonyl (C=O) groups excluding carboxylic acids is 1. The Labute approximate surface area is 171 Å². The Morgan fingerprint density at radius 1 is 1.28 bits per heavy atom. The highest BCUT2D eigenvalue weighted by Crippen LogP contribution is 2.27. The lowest BCUT2D eigenvalue weighted by molar-refractivity contribution is 0.0955. The normalized spacial score (nSPS) is 10.7. The van der Waals surface area contributed by atoms with Crippen LogP contribution in [0.2, 0.25) is 0 Å². The average Bonchev–Trinajstić information content (AvgIpc) is 3.40. The van der Waals surface area contributed by atoms with Gasteiger partial charge in [-0.2, -0.15) is 10.4 Å². The molecule has 0 saturated heterocycles. The topological polar surface area (TPSA) is 120 Å². The van der Waals surface area contributed by atoms with Crippen LogP contribution in [0.5, 0.6) is 0 Å². The van der Waals surface area contributed by atoms with Crippen molar-refractivity contribution in [3.8, 4) is 16.6 Å². The van der Waals surface area contributed by atoms with Gasteiger partial charge in [0.05, 0.1) is 27.3 Å². The van der Waals surface area contributed by atoms with E-state index in [1.54, 1.807) is 11.3 Å². The zero-order chi connectivity index (χ0) is 20.2. The van der Waals surface area contributed by atoms with Gasteiger partial charge in [-0.3, -0.25) is 9.89 Å². The van der Waals surface area contributed by atoms with Crippen molar-refractivity contribution in [3.05, 3.63) is 64.7 Å². The smallest absolute Gasteiger partial charge is 0.252 e. The van der Waals surface area contributed by atoms with Crippen molar-refractivity contribution in [1.29, 1.82) is 5.26 Å². The molecule has 1 aromatic carbocycles. The summed E-state index contributed by atoms with van der Waals surface area (Å²) in [5.41, 5.74) is 8.88. The number of benzene rings is 1. The second-order valence-corrected chi connectivity index (χ2v) is 7.43. The molecule has 7 nitrogen and oxygen atoms in total. The number of anilines is 1. The van der Waals surface area contributed by atoms with E-state index in [1.165, 1.54) is 0 Å². The van der Waals surface area contributed by atoms with Crippen LogP contribution in [-0.4, -0.2) is 27.6 Å². The number of aromatic amines is 1. The van der Waals surface area contributed by atoms with Crippen molar-refractivity contribution in [1.82, 2.24) is 20.5 Å². The number of nitrogens with two attached hydrogens (primary N) is 1. The van der Waals surface area contributed by atoms with E-state index in [-0.39, 0.29) is 11.7 Å². The molecule has 0 radical (unpaired) electrons. The third-order valence-electron chi connectivity index (χ3n) is 4.60. The molecule has 0 fully saturated rings. The van der Waals surface area contributed by atoms with Gasteiger partial charge in [0.15, 0.2) is 5.82 Å². The molecule has 144 valence electrons. The highest BCUT2D eigenvalue weighted by atomic mass is 32.1. The minimum absolute atomic E-state index is 0.147. The molecule has 3 aromatic heterocycles. The molecule has 0 unspecified atom stereocenters. The van der Waals surface area contributed by atoms with E-state index in [0.717, 1.165) is 21.5 Å². The van der Waals surface area contributed by atoms with Crippen molar-refractivity contribution < 1.29 is 4.79 Å². The van der Waals surface area contributed by atoms with Gasteiger partial charge in [0, 0.05) is 11.9 Å². The number of aryl methyl sites for hydroxylation is 1. The molecule has 0 aliphatic rings. The molecule has 4 aromatic rings. The van der Waals surface area contributed by atoms with Gasteiger partial charge >= 0.3 is 0 Å². The standard InChI is InChI=1S/C21H18N6OS/c22-12-15-17(26-27-20(15)23)7-3-9-24-21(28)14-11-18(19-8-4-10-29-19)25-16-6-2-1-5-13(14)16/h1-2,4-6,8,10-11H,3,7,9H2,(H,24,28)(H3,23,26,27). The Bertz CT molecular complexity index is 1210. The van der Waals surface area contributed by atoms with Crippen molar-refractivity contribution in [2.24, 2.45) is 0 Å². The summed E-state index contributed by atoms with van der Waals surface area (Å²) in [5, 5.41) is 21.5. The van der Waals surface area contributed by atoms with Crippen LogP contribution in [0, 0.1) is 11.3 Å². The van der Waals surface area contributed by atoms with Crippen LogP contribution in [0.4, 0.5) is 5.82 Å². The Morgan fingerprint density at radius 3 is 2.93 bits per heavy atom. The summed E-state index contributed by atoms with van der Waals surface area (Å²) in [7, 11) is 0. The molecule has 1 amide bonds. The first-order chi connectivity index (χ1) is 14.2. The van der Waals surface area contributed by atoms with E-state index in [2.05, 4.69) is 15.5 Å². The number of rotatable bonds is 6. The summed E-state index contributed by atoms with van der Waals surface area (Å²) in [4.78, 5) is 18.6. The summed E-state index contributed by atoms with van der Waals surface area (Å²) in [5.74, 6) is 0.0573. The maximum atomic E-state index is 12.9. The number of pyridine rings is 1. The Morgan fingerprint density at radius 2 is 2.14 bits per heavy atom. The van der Waals surface area contributed by atoms with Crippen molar-refractivity contribution >= 4 is 34.0 Å². The number of H-pyrrole nitrogens is 1. The van der Waals surface area contributed by atoms with Crippen molar-refractivity contribution in [2.45, 2.75) is 12.8 Å². The van der Waals surface area contributed by atoms with Crippen LogP contribution in [0.1, 0.15) is 28.0 Å². The monoisotopic (exact) mass is 402 g/mol. The summed E-state index contributed by atoms with van der Waals surface area (Å²) < 4.78 is 0. The summed E-state index contributed by atoms with van der Waals surface area (Å²) >= 11 is 1.59. The number of hydrogen-bond acceptors (Lipinski definition) is 6. The highest BCUT2D eigenvalue weighted by molar-refractivity contribution is 7.13. The average molecular weight is 402 g/mol. The minimum Gasteiger partial charge on any atom is -0.381 e. The molecule has 0 atom stereocenters. The Hall–Kier alpha value is -3.70. The number of nitriles is 1. The first-order valence-corrected chi connectivity index (χ1v) is 10.00. The van der Waals surface area contributed by atoms with Gasteiger partial charge < -0.3 is 11.1 Å². The number of carbonyl (C=O) groups is 1. The molecule has 0 spiro atoms. The van der Waals surface area contributed by atoms with Gasteiger partial charge in [0.1, 0.15) is 11.6 Å². The maximum Gasteiger partial charge on any atom is 0.252 e. The zero-order valence-corrected chi connectivity index (χ0v) is 16.3. The molecule has 0 saturated carbocycles. The van der Waals surface area contributed by atoms with Crippen LogP contribution in [0.3, 0.4) is 0 Å². The number of nitrogens with one attached hydrogen (secondary N) is 2. The number of thiophene rings is 1. The Kier molecular flexibility index (Phi) is 5.22. The number of nitrogens with zero attached hydrogens (tertiary/aromatic N) is 3. The molecule has 8 heteroatoms. The molecular formula is C21H18N6OS. The van der Waals surface area contributed by atoms with Crippen molar-refractivity contribution in [3.63, 3.8) is 0 Å². The van der Waals surface area contributed by atoms with Crippen LogP contribution in [0.25, 0.3) is 21.5 Å². The van der Waals surface area contributed by atoms with Gasteiger partial charge in [0.2, 0.25) is 0 Å². The van der Waals surface area contributed by atoms with Gasteiger partial charge in [-0.1, -0.05) is 24.3 Å². The van der Waals surface area contributed by atoms with E-state index < -0.39 is 0 Å². The number of fused-ring (bicyclic) bond motifs is 1. The highest BCUT2D eigenvalue weighted by Gasteiger charge is 2.14. The van der Waals surface area contributed by atoms with Crippen LogP contribution < -0.4 is 11.1 Å². The third-order valence-corrected chi connectivity index (χ3v) is 5.50. The van der Waals surface area contributed by atoms with E-state index >= 15 is 0 Å². The number of amides is 1. The molecular weight excluding hydrogens is 384 g/mol. The fourth-order valence-corrected chi connectivity index (χ4v) is 3.86. The maximum absolute atomic E-state index is 12.9. The molecule has 4 rings (SSSR count). The first kappa shape index (κ1) is 18.7. The van der Waals surface area contributed by atoms with Crippen LogP contribution in [0.15, 0.2) is 47.8 Å². The first-order valence-electron chi connectivity index (χ1n) is 9.12. The van der Waals surface area contributed by atoms with E-state index in [9.17, 15) is 4.79 Å². The number of hydrogen-bond donors (Lipinski definition) is 3. The zero-order valence-electron chi connectivity index (χ0n) is 15.5. The van der Waals surface area contributed by atoms with Gasteiger partial charge in [-0.05, 0) is 36.4 Å². The molecule has 0 aliphatic carbocycles. The lowest BCUT2D eigenvalue weighted by Crippen LogP contribution is -2.25. The van der Waals surface area contributed by atoms with E-state index in [4.69, 9.17) is 16.0 Å². The molecule has 0 aliphatic heterocycles. The molecule has 29 heavy (non-hydrogen) atoms. The predicted molar refractivity (Wildman–Crippen MR) is 113 cm³/mol. The number of aromatic nitrogens is 3. The van der Waals surface area contributed by atoms with Gasteiger partial charge in [-0.25, -0.2) is 4.98 Å². The number of para-hydroxylation sites is 1. The molecule has 0 bridgehead atoms. The van der Waals surface area contributed by atoms with Crippen LogP contribution in [-0.2, 0) is 6.42 Å². The van der Waals surface area contributed by atoms with E-state index in [0.29, 0.717) is 36.2 Å². The SMILES string of the molecule is N#Cc1c(N)n[nH]c1CCCNC(=O)c1cc(-c2cccs2)nc2ccccc12. The summed E-state index contributed by atoms with van der Waals surface area (Å²) in [6, 6.07) is 15.5. The van der Waals surface area contributed by atoms with E-state index in [1.807, 2.05) is 53.9 Å². The fraction of sp³-hybridized carbons (Fsp3) is 0.143. The lowest BCUT2D eigenvalue weighted by atomic mass is 10.1. The second kappa shape index (κ2) is 8.12. The predicted octanol–water partition coefficient (Wildman–Crippen LogP) is 3.50. The van der Waals surface area contributed by atoms with Gasteiger partial charge in [-0.15, -0.1) is 11.3 Å². The quantitative estimate of drug-likeness (QED) is 0.426. The molecule has 3 heterocycles. The fourth-order valence-electron chi connectivity index (χ4n) is 3.18. The lowest BCUT2D eigenvalue weighted by Gasteiger charge is -2.10. The largest absolute Gasteiger partial charge is 0.381 e. The number of nitrogen functional groups attached to an aromatic ring is 1. The minimum atomic E-state index is -0.147. The van der Waals surface area contributed by atoms with Crippen molar-refractivity contribution in [2.75, 3.05) is 12.3 Å². The summed E-state index contributed by atoms with van der Waals surface area (Å²) in [6.07, 6.45) is 1.23. The van der Waals surface area contributed by atoms with Gasteiger partial charge in [0.25, 0.3) is 5.91 Å². The second-order valence-electron chi connectivity index (χ2n) is 6.48. The third kappa shape index (κ3) is 3.81. The summed E-state index contributed by atoms with van der Waals surface area (Å²) in [6.45, 7) is 0.466.